The molecule has 4 aromatic rings. The molecule has 2 aliphatic heterocycles. The van der Waals surface area contributed by atoms with E-state index in [2.05, 4.69) is 51.7 Å². The number of nitrogens with one attached hydrogen (secondary N) is 1. The number of hydrogen-bond acceptors (Lipinski definition) is 6. The van der Waals surface area contributed by atoms with Crippen LogP contribution in [0.25, 0.3) is 21.6 Å². The Bertz CT molecular complexity index is 1360. The number of ether oxygens (including phenoxy) is 1. The van der Waals surface area contributed by atoms with Crippen molar-refractivity contribution in [2.24, 2.45) is 0 Å². The van der Waals surface area contributed by atoms with Crippen LogP contribution in [0.5, 0.6) is 0 Å². The average Bonchev–Trinajstić information content (AvgIpc) is 3.52. The highest BCUT2D eigenvalue weighted by Gasteiger charge is 2.35. The number of aromatic amines is 1. The summed E-state index contributed by atoms with van der Waals surface area (Å²) in [5, 5.41) is 11.5. The third-order valence-electron chi connectivity index (χ3n) is 6.61. The second kappa shape index (κ2) is 7.19. The smallest absolute Gasteiger partial charge is 0.186 e. The lowest BCUT2D eigenvalue weighted by molar-refractivity contribution is 0.0941. The zero-order valence-corrected chi connectivity index (χ0v) is 18.9. The fourth-order valence-corrected chi connectivity index (χ4v) is 6.13. The van der Waals surface area contributed by atoms with Crippen molar-refractivity contribution in [3.63, 3.8) is 0 Å². The molecule has 162 valence electrons. The van der Waals surface area contributed by atoms with Crippen molar-refractivity contribution < 1.29 is 4.74 Å². The number of fused-ring (bicyclic) bond motifs is 4. The number of imidazole rings is 1. The highest BCUT2D eigenvalue weighted by atomic mass is 32.1. The van der Waals surface area contributed by atoms with Gasteiger partial charge in [-0.2, -0.15) is 5.26 Å². The average molecular weight is 445 g/mol. The fraction of sp³-hybridized carbons (Fsp3) is 0.375. The fourth-order valence-electron chi connectivity index (χ4n) is 4.96. The number of morpholine rings is 1. The number of anilines is 1. The first-order valence-electron chi connectivity index (χ1n) is 10.9. The molecule has 3 aromatic heterocycles. The Morgan fingerprint density at radius 2 is 2.28 bits per heavy atom. The molecule has 8 heteroatoms. The number of H-pyrrole nitrogens is 1. The van der Waals surface area contributed by atoms with Crippen molar-refractivity contribution in [2.75, 3.05) is 24.7 Å². The van der Waals surface area contributed by atoms with Crippen LogP contribution in [0.1, 0.15) is 30.7 Å². The van der Waals surface area contributed by atoms with Gasteiger partial charge in [0, 0.05) is 48.0 Å². The lowest BCUT2D eigenvalue weighted by Gasteiger charge is -2.35. The van der Waals surface area contributed by atoms with E-state index in [1.165, 1.54) is 10.4 Å². The largest absolute Gasteiger partial charge is 0.377 e. The van der Waals surface area contributed by atoms with Crippen LogP contribution < -0.4 is 4.90 Å². The van der Waals surface area contributed by atoms with Gasteiger partial charge in [-0.05, 0) is 44.0 Å². The third-order valence-corrected chi connectivity index (χ3v) is 7.74. The summed E-state index contributed by atoms with van der Waals surface area (Å²) < 4.78 is 8.15. The van der Waals surface area contributed by atoms with Crippen LogP contribution in [-0.2, 0) is 23.1 Å². The molecule has 0 amide bonds. The topological polar surface area (TPSA) is 82.8 Å². The van der Waals surface area contributed by atoms with Crippen molar-refractivity contribution in [1.29, 1.82) is 5.26 Å². The van der Waals surface area contributed by atoms with Crippen LogP contribution >= 0.6 is 11.3 Å². The Balaban J connectivity index is 1.34. The minimum Gasteiger partial charge on any atom is -0.377 e. The van der Waals surface area contributed by atoms with E-state index in [0.717, 1.165) is 46.9 Å². The van der Waals surface area contributed by atoms with Crippen molar-refractivity contribution in [2.45, 2.75) is 38.3 Å². The third kappa shape index (κ3) is 3.04. The monoisotopic (exact) mass is 444 g/mol. The van der Waals surface area contributed by atoms with Gasteiger partial charge in [0.05, 0.1) is 41.5 Å². The summed E-state index contributed by atoms with van der Waals surface area (Å²) in [6, 6.07) is 8.24. The molecule has 0 bridgehead atoms. The molecule has 1 atom stereocenters. The van der Waals surface area contributed by atoms with E-state index in [0.29, 0.717) is 18.8 Å². The highest BCUT2D eigenvalue weighted by Crippen LogP contribution is 2.43. The second-order valence-electron chi connectivity index (χ2n) is 9.19. The van der Waals surface area contributed by atoms with E-state index in [9.17, 15) is 5.26 Å². The van der Waals surface area contributed by atoms with Gasteiger partial charge in [0.1, 0.15) is 0 Å². The molecule has 7 nitrogen and oxygen atoms in total. The highest BCUT2D eigenvalue weighted by molar-refractivity contribution is 7.19. The molecule has 0 spiro atoms. The number of thiazole rings is 1. The molecule has 1 aromatic carbocycles. The van der Waals surface area contributed by atoms with Gasteiger partial charge < -0.3 is 19.2 Å². The Hall–Kier alpha value is -3.15. The predicted molar refractivity (Wildman–Crippen MR) is 125 cm³/mol. The van der Waals surface area contributed by atoms with Crippen LogP contribution in [-0.4, -0.2) is 45.3 Å². The molecule has 0 saturated carbocycles. The van der Waals surface area contributed by atoms with Gasteiger partial charge in [-0.1, -0.05) is 11.3 Å². The molecule has 0 radical (unpaired) electrons. The summed E-state index contributed by atoms with van der Waals surface area (Å²) in [5.41, 5.74) is 4.05. The maximum absolute atomic E-state index is 9.31. The van der Waals surface area contributed by atoms with E-state index in [4.69, 9.17) is 9.72 Å². The van der Waals surface area contributed by atoms with Crippen LogP contribution in [0.2, 0.25) is 0 Å². The predicted octanol–water partition coefficient (Wildman–Crippen LogP) is 4.10. The molecule has 6 rings (SSSR count). The minimum absolute atomic E-state index is 0.0307. The van der Waals surface area contributed by atoms with Gasteiger partial charge in [0.25, 0.3) is 0 Å². The summed E-state index contributed by atoms with van der Waals surface area (Å²) in [6.07, 6.45) is 7.75. The van der Waals surface area contributed by atoms with Gasteiger partial charge in [0.2, 0.25) is 0 Å². The molecule has 5 heterocycles. The maximum Gasteiger partial charge on any atom is 0.186 e. The Morgan fingerprint density at radius 3 is 3.16 bits per heavy atom. The van der Waals surface area contributed by atoms with Gasteiger partial charge in [-0.15, -0.1) is 0 Å². The molecule has 1 saturated heterocycles. The normalized spacial score (nSPS) is 19.5. The summed E-state index contributed by atoms with van der Waals surface area (Å²) in [5.74, 6) is 1.02. The number of hydrogen-bond donors (Lipinski definition) is 1. The van der Waals surface area contributed by atoms with Crippen LogP contribution in [0.3, 0.4) is 0 Å². The molecule has 0 unspecified atom stereocenters. The first kappa shape index (κ1) is 19.5. The molecule has 32 heavy (non-hydrogen) atoms. The summed E-state index contributed by atoms with van der Waals surface area (Å²) in [7, 11) is 0. The van der Waals surface area contributed by atoms with Crippen molar-refractivity contribution in [1.82, 2.24) is 19.5 Å². The minimum atomic E-state index is -0.0307. The number of rotatable bonds is 3. The molecule has 1 fully saturated rings. The lowest BCUT2D eigenvalue weighted by atomic mass is 9.94. The zero-order valence-electron chi connectivity index (χ0n) is 18.1. The maximum atomic E-state index is 9.31. The zero-order chi connectivity index (χ0) is 21.9. The van der Waals surface area contributed by atoms with Gasteiger partial charge in [-0.25, -0.2) is 9.97 Å². The second-order valence-corrected chi connectivity index (χ2v) is 10.2. The van der Waals surface area contributed by atoms with E-state index in [1.807, 2.05) is 24.4 Å². The van der Waals surface area contributed by atoms with E-state index in [-0.39, 0.29) is 11.6 Å². The van der Waals surface area contributed by atoms with E-state index >= 15 is 0 Å². The Morgan fingerprint density at radius 1 is 1.38 bits per heavy atom. The van der Waals surface area contributed by atoms with Crippen LogP contribution in [0.15, 0.2) is 36.8 Å². The summed E-state index contributed by atoms with van der Waals surface area (Å²) in [4.78, 5) is 16.7. The number of nitriles is 1. The number of nitrogens with zero attached hydrogens (tertiary/aromatic N) is 5. The van der Waals surface area contributed by atoms with E-state index in [1.54, 1.807) is 11.3 Å². The van der Waals surface area contributed by atoms with Gasteiger partial charge in [-0.3, -0.25) is 0 Å². The first-order chi connectivity index (χ1) is 15.5. The quantitative estimate of drug-likeness (QED) is 0.514. The molecular weight excluding hydrogens is 420 g/mol. The molecule has 2 aliphatic rings. The molecule has 0 aliphatic carbocycles. The number of aromatic nitrogens is 4. The van der Waals surface area contributed by atoms with Crippen molar-refractivity contribution >= 4 is 27.4 Å². The SMILES string of the molecule is CC1(C)Cc2nc(N3CCOC[C@@H]3Cc3c[nH]c4ccc(C#N)cc34)sc2-c2nccn21. The van der Waals surface area contributed by atoms with Crippen molar-refractivity contribution in [3.05, 3.63) is 53.6 Å². The Labute approximate surface area is 190 Å². The standard InChI is InChI=1S/C24H24N6OS/c1-24(2)11-20-21(22-26-5-6-30(22)24)32-23(28-20)29-7-8-31-14-17(29)10-16-13-27-19-4-3-15(12-25)9-18(16)19/h3-6,9,13,17,27H,7-8,10-11,14H2,1-2H3/t17-/m0/s1. The Kier molecular flexibility index (Phi) is 4.39. The van der Waals surface area contributed by atoms with Gasteiger partial charge >= 0.3 is 0 Å². The van der Waals surface area contributed by atoms with Crippen LogP contribution in [0, 0.1) is 11.3 Å². The first-order valence-corrected chi connectivity index (χ1v) is 11.7. The lowest BCUT2D eigenvalue weighted by Crippen LogP contribution is -2.46. The number of benzene rings is 1. The van der Waals surface area contributed by atoms with Crippen molar-refractivity contribution in [3.8, 4) is 16.8 Å². The van der Waals surface area contributed by atoms with E-state index < -0.39 is 0 Å². The summed E-state index contributed by atoms with van der Waals surface area (Å²) in [6.45, 7) is 6.66. The van der Waals surface area contributed by atoms with Gasteiger partial charge in [0.15, 0.2) is 11.0 Å². The molecule has 1 N–H and O–H groups in total. The van der Waals surface area contributed by atoms with Crippen LogP contribution in [0.4, 0.5) is 5.13 Å². The molecular formula is C24H24N6OS. The summed E-state index contributed by atoms with van der Waals surface area (Å²) >= 11 is 1.74.